The third kappa shape index (κ3) is 19.2. The number of likely N-dealkylation sites (tertiary alicyclic amines) is 1. The summed E-state index contributed by atoms with van der Waals surface area (Å²) in [7, 11) is 0. The van der Waals surface area contributed by atoms with Crippen molar-refractivity contribution in [1.82, 2.24) is 20.9 Å². The number of nitrogens with zero attached hydrogens (tertiary/aromatic N) is 1. The smallest absolute Gasteiger partial charge is 0.373 e. The molecule has 23 heteroatoms. The van der Waals surface area contributed by atoms with E-state index in [2.05, 4.69) is 16.0 Å². The van der Waals surface area contributed by atoms with Crippen LogP contribution in [0.5, 0.6) is 0 Å². The zero-order chi connectivity index (χ0) is 83.9. The number of amides is 4. The zero-order valence-corrected chi connectivity index (χ0v) is 69.8. The number of hydrogen-bond donors (Lipinski definition) is 4. The van der Waals surface area contributed by atoms with Crippen LogP contribution in [0.2, 0.25) is 0 Å². The SMILES string of the molecule is C.C.C.C.C[C@H](CO)NC(=O)CC[C@@]1(C)C(=O)CC[C@@H]2[C@@H]1C(=O)C[C@]1(C)C(=O)CC[C@@H]21.C[C@]1(CCC(=O)N2CCCCC2)C(=O)CC[C@@H]2[C@@H]1C(=O)C[C@]1(C)C(=O)CC[C@@H]21.C[C@]1(CCC(=O)NC2CC2)C(=O)CC[C@@H]2[C@@H]1C(=O)C[C@]1(C)C(=O)CC[C@@H]21.Cc1ccc(CNC(=O)CC[C@@]2(C)C(=O)CC[C@@H]3[C@@H]2C(=O)C[C@]2(C)C(=O)CC[C@@H]32)cc1.O=C=O. The minimum atomic E-state index is -0.841. The fourth-order valence-corrected chi connectivity index (χ4v) is 25.5. The molecule has 0 spiro atoms. The van der Waals surface area contributed by atoms with Gasteiger partial charge in [0.1, 0.15) is 69.4 Å². The molecule has 15 rings (SSSR count). The van der Waals surface area contributed by atoms with E-state index in [1.807, 2.05) is 91.5 Å². The molecule has 1 aromatic carbocycles. The Labute approximate surface area is 706 Å². The fourth-order valence-electron chi connectivity index (χ4n) is 25.5. The Hall–Kier alpha value is -7.52. The molecule has 4 N–H and O–H groups in total. The van der Waals surface area contributed by atoms with Crippen LogP contribution in [0.25, 0.3) is 0 Å². The van der Waals surface area contributed by atoms with E-state index in [-0.39, 0.29) is 251 Å². The quantitative estimate of drug-likeness (QED) is 0.113. The fraction of sp³-hybridized carbons (Fsp3) is 0.760. The Balaban J connectivity index is 0.000000214. The number of rotatable bonds is 17. The van der Waals surface area contributed by atoms with E-state index in [0.29, 0.717) is 122 Å². The van der Waals surface area contributed by atoms with Gasteiger partial charge in [0.2, 0.25) is 23.6 Å². The normalized spacial score (nSPS) is 37.1. The van der Waals surface area contributed by atoms with E-state index >= 15 is 0 Å². The van der Waals surface area contributed by atoms with Crippen LogP contribution in [-0.4, -0.2) is 141 Å². The molecule has 0 bridgehead atoms. The van der Waals surface area contributed by atoms with Gasteiger partial charge in [-0.05, 0) is 176 Å². The maximum atomic E-state index is 13.3. The summed E-state index contributed by atoms with van der Waals surface area (Å²) in [5.74, 6) is 1.08. The summed E-state index contributed by atoms with van der Waals surface area (Å²) in [5, 5.41) is 17.7. The first-order chi connectivity index (χ1) is 54.2. The largest absolute Gasteiger partial charge is 0.394 e. The lowest BCUT2D eigenvalue weighted by molar-refractivity contribution is -0.192. The number of benzene rings is 1. The maximum Gasteiger partial charge on any atom is 0.373 e. The third-order valence-corrected chi connectivity index (χ3v) is 32.4. The Morgan fingerprint density at radius 2 is 0.714 bits per heavy atom. The van der Waals surface area contributed by atoms with Crippen molar-refractivity contribution in [1.29, 1.82) is 0 Å². The lowest BCUT2D eigenvalue weighted by atomic mass is 9.48. The van der Waals surface area contributed by atoms with Crippen molar-refractivity contribution < 1.29 is 91.4 Å². The number of piperidine rings is 1. The van der Waals surface area contributed by atoms with Gasteiger partial charge in [0, 0.05) is 201 Å². The maximum absolute atomic E-state index is 13.3. The number of nitrogens with one attached hydrogen (secondary N) is 3. The average Bonchev–Trinajstić information content (AvgIpc) is 1.66. The second kappa shape index (κ2) is 38.9. The second-order valence-corrected chi connectivity index (χ2v) is 39.4. The predicted octanol–water partition coefficient (Wildman–Crippen LogP) is 13.7. The first kappa shape index (κ1) is 98.6. The van der Waals surface area contributed by atoms with Gasteiger partial charge in [-0.15, -0.1) is 0 Å². The molecule has 14 aliphatic rings. The molecule has 0 unspecified atom stereocenters. The third-order valence-electron chi connectivity index (χ3n) is 32.4. The summed E-state index contributed by atoms with van der Waals surface area (Å²) in [6.45, 7) is 21.0. The van der Waals surface area contributed by atoms with Crippen LogP contribution in [0.1, 0.15) is 315 Å². The van der Waals surface area contributed by atoms with Gasteiger partial charge in [0.15, 0.2) is 0 Å². The van der Waals surface area contributed by atoms with E-state index in [4.69, 9.17) is 14.7 Å². The molecule has 14 fully saturated rings. The monoisotopic (exact) mass is 1660 g/mol. The predicted molar refractivity (Wildman–Crippen MR) is 447 cm³/mol. The van der Waals surface area contributed by atoms with Crippen LogP contribution >= 0.6 is 0 Å². The van der Waals surface area contributed by atoms with Crippen LogP contribution in [0.4, 0.5) is 0 Å². The van der Waals surface area contributed by atoms with Crippen molar-refractivity contribution in [3.63, 3.8) is 0 Å². The van der Waals surface area contributed by atoms with E-state index < -0.39 is 43.3 Å². The summed E-state index contributed by atoms with van der Waals surface area (Å²) in [4.78, 5) is 222. The van der Waals surface area contributed by atoms with Gasteiger partial charge < -0.3 is 26.0 Å². The first-order valence-electron chi connectivity index (χ1n) is 43.4. The van der Waals surface area contributed by atoms with Crippen molar-refractivity contribution in [2.45, 2.75) is 329 Å². The molecule has 4 amide bonds. The number of aryl methyl sites for hydroxylation is 1. The van der Waals surface area contributed by atoms with Gasteiger partial charge in [-0.2, -0.15) is 9.59 Å². The van der Waals surface area contributed by atoms with Crippen LogP contribution in [-0.2, 0) is 92.8 Å². The topological polar surface area (TPSA) is 367 Å². The van der Waals surface area contributed by atoms with Gasteiger partial charge in [-0.1, -0.05) is 115 Å². The van der Waals surface area contributed by atoms with Crippen LogP contribution in [0.3, 0.4) is 0 Å². The minimum Gasteiger partial charge on any atom is -0.394 e. The van der Waals surface area contributed by atoms with Crippen molar-refractivity contribution in [2.24, 2.45) is 114 Å². The Kier molecular flexibility index (Phi) is 32.2. The highest BCUT2D eigenvalue weighted by atomic mass is 16.3. The number of Topliss-reactive ketones (excluding diaryl/α,β-unsaturated/α-hetero) is 12. The summed E-state index contributed by atoms with van der Waals surface area (Å²) in [5.41, 5.74) is -3.12. The molecule has 1 aliphatic heterocycles. The van der Waals surface area contributed by atoms with Crippen LogP contribution in [0.15, 0.2) is 24.3 Å². The number of carbonyl (C=O) groups excluding carboxylic acids is 18. The summed E-state index contributed by atoms with van der Waals surface area (Å²) in [6.07, 6.45) is 19.4. The van der Waals surface area contributed by atoms with Gasteiger partial charge in [-0.3, -0.25) is 76.7 Å². The number of ketones is 12. The van der Waals surface area contributed by atoms with Crippen molar-refractivity contribution in [3.05, 3.63) is 35.4 Å². The molecule has 23 nitrogen and oxygen atoms in total. The molecule has 660 valence electrons. The molecule has 1 heterocycles. The summed E-state index contributed by atoms with van der Waals surface area (Å²) >= 11 is 0. The standard InChI is InChI=1S/C26H33NO4.C23H33NO4.C21H31NO5.C21H29NO4.CO2.4CH4/c1-16-4-6-17(7-5-16)15-27-23(31)12-13-25(2)21(29)10-8-18-19-9-11-22(30)26(19,3)14-20(28)24(18)25;1-22(11-10-20(28)24-12-4-3-5-13-24)18(26)8-6-15-16-7-9-19(27)23(16,2)14-17(25)21(15)22;1-12(11-23)22-18(27)8-9-20(2)16(25)6-4-13-14-5-7-17(26)21(14,3)10-15(24)19(13)20;1-20(10-9-18(26)22-12-3-4-12)16(24)7-5-13-14-6-8-17(25)21(14,2)11-15(23)19(13)20;2-1-3;;;;/h4-7,18-19,24H,8-15H2,1-3H3,(H,27,31);15-16,21H,3-14H2,1-2H3;12-14,19,23H,4-11H2,1-3H3,(H,22,27);12-14,19H,3-11H2,1-2H3,(H,22,26);;4*1H4/t18-,19-,24+,25-,26-;15-,16-,21+,22-,23-;12-,13+,14+,19-,20+,21+;13-,14-,19+,20-,21-;;;;;/m0010...../s1. The molecular weight excluding hydrogens is 1510 g/mol. The lowest BCUT2D eigenvalue weighted by Crippen LogP contribution is -2.56. The Bertz CT molecular complexity index is 4090. The van der Waals surface area contributed by atoms with E-state index in [0.717, 1.165) is 76.4 Å². The number of aliphatic hydroxyl groups excluding tert-OH is 1. The highest BCUT2D eigenvalue weighted by molar-refractivity contribution is 6.03. The molecule has 13 saturated carbocycles. The second-order valence-electron chi connectivity index (χ2n) is 39.4. The molecule has 0 aromatic heterocycles. The number of carbonyl (C=O) groups is 16. The highest BCUT2D eigenvalue weighted by Gasteiger charge is 2.68. The van der Waals surface area contributed by atoms with Gasteiger partial charge in [0.05, 0.1) is 6.61 Å². The minimum absolute atomic E-state index is 0. The molecule has 21 atom stereocenters. The van der Waals surface area contributed by atoms with Gasteiger partial charge in [-0.25, -0.2) is 0 Å². The molecule has 119 heavy (non-hydrogen) atoms. The number of fused-ring (bicyclic) bond motifs is 12. The van der Waals surface area contributed by atoms with Crippen molar-refractivity contribution >= 4 is 99.2 Å². The van der Waals surface area contributed by atoms with E-state index in [9.17, 15) is 76.7 Å². The van der Waals surface area contributed by atoms with Crippen LogP contribution < -0.4 is 16.0 Å². The average molecular weight is 1660 g/mol. The van der Waals surface area contributed by atoms with E-state index in [1.54, 1.807) is 6.92 Å². The Morgan fingerprint density at radius 3 is 1.03 bits per heavy atom. The van der Waals surface area contributed by atoms with Crippen LogP contribution in [0, 0.1) is 121 Å². The molecule has 1 aromatic rings. The Morgan fingerprint density at radius 1 is 0.420 bits per heavy atom. The van der Waals surface area contributed by atoms with Gasteiger partial charge in [0.25, 0.3) is 0 Å². The van der Waals surface area contributed by atoms with Crippen molar-refractivity contribution in [3.8, 4) is 0 Å². The molecular formula is C96H142N4O19. The summed E-state index contributed by atoms with van der Waals surface area (Å²) in [6, 6.07) is 7.99. The number of hydrogen-bond acceptors (Lipinski definition) is 19. The molecule has 1 saturated heterocycles. The van der Waals surface area contributed by atoms with E-state index in [1.165, 1.54) is 12.0 Å². The van der Waals surface area contributed by atoms with Gasteiger partial charge >= 0.3 is 6.15 Å². The van der Waals surface area contributed by atoms with Crippen molar-refractivity contribution in [2.75, 3.05) is 19.7 Å². The lowest BCUT2D eigenvalue weighted by Gasteiger charge is -2.53. The molecule has 13 aliphatic carbocycles. The molecule has 0 radical (unpaired) electrons. The summed E-state index contributed by atoms with van der Waals surface area (Å²) < 4.78 is 0. The highest BCUT2D eigenvalue weighted by Crippen LogP contribution is 2.65. The zero-order valence-electron chi connectivity index (χ0n) is 69.8. The first-order valence-corrected chi connectivity index (χ1v) is 43.4. The number of aliphatic hydroxyl groups is 1.